The highest BCUT2D eigenvalue weighted by molar-refractivity contribution is 4.88. The fourth-order valence-corrected chi connectivity index (χ4v) is 1.76. The van der Waals surface area contributed by atoms with E-state index < -0.39 is 0 Å². The van der Waals surface area contributed by atoms with Crippen molar-refractivity contribution in [2.45, 2.75) is 45.9 Å². The van der Waals surface area contributed by atoms with Crippen LogP contribution in [0.15, 0.2) is 0 Å². The van der Waals surface area contributed by atoms with Crippen molar-refractivity contribution in [2.75, 3.05) is 19.8 Å². The molecule has 84 valence electrons. The van der Waals surface area contributed by atoms with Gasteiger partial charge in [0.15, 0.2) is 6.29 Å². The maximum Gasteiger partial charge on any atom is 0.172 e. The van der Waals surface area contributed by atoms with E-state index in [2.05, 4.69) is 12.2 Å². The molecule has 0 amide bonds. The Kier molecular flexibility index (Phi) is 5.45. The number of nitrogens with one attached hydrogen (secondary N) is 1. The summed E-state index contributed by atoms with van der Waals surface area (Å²) in [6.45, 7) is 8.59. The van der Waals surface area contributed by atoms with Crippen LogP contribution in [0.5, 0.6) is 0 Å². The van der Waals surface area contributed by atoms with Crippen LogP contribution >= 0.6 is 0 Å². The van der Waals surface area contributed by atoms with Crippen molar-refractivity contribution >= 4 is 0 Å². The van der Waals surface area contributed by atoms with E-state index in [4.69, 9.17) is 9.47 Å². The maximum atomic E-state index is 5.61. The van der Waals surface area contributed by atoms with Gasteiger partial charge in [-0.05, 0) is 39.2 Å². The molecule has 0 radical (unpaired) electrons. The van der Waals surface area contributed by atoms with Gasteiger partial charge in [0.25, 0.3) is 0 Å². The lowest BCUT2D eigenvalue weighted by Gasteiger charge is -2.27. The van der Waals surface area contributed by atoms with Crippen molar-refractivity contribution in [3.05, 3.63) is 0 Å². The third-order valence-electron chi connectivity index (χ3n) is 2.52. The van der Waals surface area contributed by atoms with Gasteiger partial charge in [0.2, 0.25) is 0 Å². The predicted octanol–water partition coefficient (Wildman–Crippen LogP) is 1.77. The molecule has 0 aromatic carbocycles. The zero-order valence-corrected chi connectivity index (χ0v) is 9.58. The molecule has 0 aromatic heterocycles. The first-order chi connectivity index (χ1) is 6.83. The monoisotopic (exact) mass is 201 g/mol. The summed E-state index contributed by atoms with van der Waals surface area (Å²) in [5.41, 5.74) is 0. The highest BCUT2D eigenvalue weighted by Gasteiger charge is 2.36. The van der Waals surface area contributed by atoms with E-state index in [1.807, 2.05) is 13.8 Å². The van der Waals surface area contributed by atoms with Crippen LogP contribution in [0, 0.1) is 5.92 Å². The van der Waals surface area contributed by atoms with Crippen LogP contribution in [0.1, 0.15) is 33.6 Å². The summed E-state index contributed by atoms with van der Waals surface area (Å²) < 4.78 is 11.2. The van der Waals surface area contributed by atoms with Gasteiger partial charge in [-0.25, -0.2) is 0 Å². The van der Waals surface area contributed by atoms with Gasteiger partial charge in [-0.15, -0.1) is 0 Å². The Morgan fingerprint density at radius 2 is 1.71 bits per heavy atom. The van der Waals surface area contributed by atoms with E-state index in [1.54, 1.807) is 0 Å². The van der Waals surface area contributed by atoms with Gasteiger partial charge in [-0.1, -0.05) is 6.92 Å². The Balaban J connectivity index is 2.41. The molecule has 1 atom stereocenters. The molecule has 1 saturated carbocycles. The Morgan fingerprint density at radius 1 is 1.14 bits per heavy atom. The molecule has 1 fully saturated rings. The Labute approximate surface area is 87.2 Å². The van der Waals surface area contributed by atoms with Crippen molar-refractivity contribution in [1.29, 1.82) is 0 Å². The first-order valence-corrected chi connectivity index (χ1v) is 5.80. The molecule has 3 heteroatoms. The number of rotatable bonds is 8. The summed E-state index contributed by atoms with van der Waals surface area (Å²) >= 11 is 0. The number of likely N-dealkylation sites (N-methyl/N-ethyl adjacent to an activating group) is 1. The average Bonchev–Trinajstić information content (AvgIpc) is 2.97. The van der Waals surface area contributed by atoms with Gasteiger partial charge in [-0.3, -0.25) is 0 Å². The number of hydrogen-bond donors (Lipinski definition) is 1. The second-order valence-electron chi connectivity index (χ2n) is 3.70. The van der Waals surface area contributed by atoms with Crippen molar-refractivity contribution < 1.29 is 9.47 Å². The van der Waals surface area contributed by atoms with Gasteiger partial charge in [-0.2, -0.15) is 0 Å². The van der Waals surface area contributed by atoms with Crippen molar-refractivity contribution in [1.82, 2.24) is 5.32 Å². The smallest absolute Gasteiger partial charge is 0.172 e. The van der Waals surface area contributed by atoms with Crippen LogP contribution in [-0.4, -0.2) is 32.1 Å². The van der Waals surface area contributed by atoms with E-state index >= 15 is 0 Å². The second kappa shape index (κ2) is 6.38. The van der Waals surface area contributed by atoms with E-state index in [1.165, 1.54) is 12.8 Å². The zero-order valence-electron chi connectivity index (χ0n) is 9.58. The normalized spacial score (nSPS) is 18.9. The van der Waals surface area contributed by atoms with Crippen LogP contribution in [0.3, 0.4) is 0 Å². The van der Waals surface area contributed by atoms with Crippen LogP contribution in [0.25, 0.3) is 0 Å². The molecule has 0 spiro atoms. The average molecular weight is 201 g/mol. The van der Waals surface area contributed by atoms with Gasteiger partial charge >= 0.3 is 0 Å². The molecular weight excluding hydrogens is 178 g/mol. The fourth-order valence-electron chi connectivity index (χ4n) is 1.76. The minimum Gasteiger partial charge on any atom is -0.351 e. The molecule has 14 heavy (non-hydrogen) atoms. The van der Waals surface area contributed by atoms with E-state index in [0.717, 1.165) is 25.7 Å². The molecule has 1 rings (SSSR count). The summed E-state index contributed by atoms with van der Waals surface area (Å²) in [7, 11) is 0. The van der Waals surface area contributed by atoms with Crippen LogP contribution in [-0.2, 0) is 9.47 Å². The fraction of sp³-hybridized carbons (Fsp3) is 1.00. The first kappa shape index (κ1) is 12.0. The number of ether oxygens (including phenoxy) is 2. The molecule has 1 aliphatic rings. The summed E-state index contributed by atoms with van der Waals surface area (Å²) in [5, 5.41) is 3.46. The SMILES string of the molecule is CCNC(C1CC1)C(OCC)OCC. The van der Waals surface area contributed by atoms with E-state index in [0.29, 0.717) is 6.04 Å². The lowest BCUT2D eigenvalue weighted by atomic mass is 10.1. The molecule has 1 N–H and O–H groups in total. The highest BCUT2D eigenvalue weighted by atomic mass is 16.7. The molecule has 0 saturated heterocycles. The molecule has 0 bridgehead atoms. The lowest BCUT2D eigenvalue weighted by molar-refractivity contribution is -0.157. The minimum atomic E-state index is -0.0579. The Hall–Kier alpha value is -0.120. The van der Waals surface area contributed by atoms with Crippen LogP contribution in [0.2, 0.25) is 0 Å². The topological polar surface area (TPSA) is 30.5 Å². The van der Waals surface area contributed by atoms with Crippen molar-refractivity contribution in [2.24, 2.45) is 5.92 Å². The van der Waals surface area contributed by atoms with Crippen molar-refractivity contribution in [3.8, 4) is 0 Å². The van der Waals surface area contributed by atoms with Crippen LogP contribution < -0.4 is 5.32 Å². The summed E-state index contributed by atoms with van der Waals surface area (Å²) in [6.07, 6.45) is 2.57. The molecule has 0 aliphatic heterocycles. The number of hydrogen-bond acceptors (Lipinski definition) is 3. The third kappa shape index (κ3) is 3.56. The van der Waals surface area contributed by atoms with Gasteiger partial charge in [0, 0.05) is 13.2 Å². The largest absolute Gasteiger partial charge is 0.351 e. The summed E-state index contributed by atoms with van der Waals surface area (Å²) in [5.74, 6) is 0.762. The highest BCUT2D eigenvalue weighted by Crippen LogP contribution is 2.35. The quantitative estimate of drug-likeness (QED) is 0.607. The molecular formula is C11H23NO2. The van der Waals surface area contributed by atoms with Gasteiger partial charge in [0.05, 0.1) is 6.04 Å². The molecule has 1 unspecified atom stereocenters. The van der Waals surface area contributed by atoms with Crippen LogP contribution in [0.4, 0.5) is 0 Å². The third-order valence-corrected chi connectivity index (χ3v) is 2.52. The Morgan fingerprint density at radius 3 is 2.07 bits per heavy atom. The van der Waals surface area contributed by atoms with Gasteiger partial charge < -0.3 is 14.8 Å². The molecule has 0 aromatic rings. The van der Waals surface area contributed by atoms with Gasteiger partial charge in [0.1, 0.15) is 0 Å². The van der Waals surface area contributed by atoms with E-state index in [9.17, 15) is 0 Å². The molecule has 3 nitrogen and oxygen atoms in total. The second-order valence-corrected chi connectivity index (χ2v) is 3.70. The van der Waals surface area contributed by atoms with E-state index in [-0.39, 0.29) is 6.29 Å². The zero-order chi connectivity index (χ0) is 10.4. The summed E-state index contributed by atoms with van der Waals surface area (Å²) in [6, 6.07) is 0.389. The molecule has 0 heterocycles. The first-order valence-electron chi connectivity index (χ1n) is 5.80. The molecule has 1 aliphatic carbocycles. The maximum absolute atomic E-state index is 5.61. The minimum absolute atomic E-state index is 0.0579. The lowest BCUT2D eigenvalue weighted by Crippen LogP contribution is -2.44. The predicted molar refractivity (Wildman–Crippen MR) is 57.2 cm³/mol. The Bertz CT molecular complexity index is 142. The van der Waals surface area contributed by atoms with Crippen molar-refractivity contribution in [3.63, 3.8) is 0 Å². The standard InChI is InChI=1S/C11H23NO2/c1-4-12-10(9-7-8-9)11(13-5-2)14-6-3/h9-12H,4-8H2,1-3H3. The summed E-state index contributed by atoms with van der Waals surface area (Å²) in [4.78, 5) is 0.